The molecule has 0 bridgehead atoms. The lowest BCUT2D eigenvalue weighted by Gasteiger charge is -2.30. The molecule has 0 spiro atoms. The number of carbonyl (C=O) groups excluding carboxylic acids is 2. The molecule has 2 aliphatic rings. The molecule has 34 heavy (non-hydrogen) atoms. The van der Waals surface area contributed by atoms with Gasteiger partial charge in [0.1, 0.15) is 18.0 Å². The second-order valence-electron chi connectivity index (χ2n) is 9.22. The fourth-order valence-corrected chi connectivity index (χ4v) is 4.04. The molecule has 14 heteroatoms. The van der Waals surface area contributed by atoms with Gasteiger partial charge in [0.25, 0.3) is 0 Å². The number of Topliss-reactive ketones (excluding diaryl/α,β-unsaturated/α-hetero) is 1. The standard InChI is InChI=1S/C20H25F4N7O3/c1-4-19(2,3)18-25-16(28-34-18)15(33)12-7-11(21)8-31(12)14(32)10-29-5-6-30-13(9-29)26-27-17(30)20(22,23)24/h11-12H,4-10H2,1-3H3/t11-,12?/m0/s1. The summed E-state index contributed by atoms with van der Waals surface area (Å²) in [5, 5.41) is 10.5. The minimum Gasteiger partial charge on any atom is -0.338 e. The second kappa shape index (κ2) is 8.71. The van der Waals surface area contributed by atoms with Crippen molar-refractivity contribution in [2.45, 2.75) is 70.5 Å². The highest BCUT2D eigenvalue weighted by Crippen LogP contribution is 2.30. The van der Waals surface area contributed by atoms with Gasteiger partial charge in [-0.2, -0.15) is 18.2 Å². The molecular weight excluding hydrogens is 462 g/mol. The fraction of sp³-hybridized carbons (Fsp3) is 0.700. The zero-order valence-corrected chi connectivity index (χ0v) is 19.0. The van der Waals surface area contributed by atoms with Crippen molar-refractivity contribution >= 4 is 11.7 Å². The summed E-state index contributed by atoms with van der Waals surface area (Å²) in [4.78, 5) is 32.9. The lowest BCUT2D eigenvalue weighted by atomic mass is 9.90. The highest BCUT2D eigenvalue weighted by Gasteiger charge is 2.43. The molecule has 2 aromatic rings. The van der Waals surface area contributed by atoms with Crippen molar-refractivity contribution in [2.24, 2.45) is 0 Å². The van der Waals surface area contributed by atoms with E-state index in [1.807, 2.05) is 20.8 Å². The van der Waals surface area contributed by atoms with Crippen molar-refractivity contribution in [3.8, 4) is 0 Å². The van der Waals surface area contributed by atoms with Crippen molar-refractivity contribution in [2.75, 3.05) is 19.6 Å². The van der Waals surface area contributed by atoms with Crippen LogP contribution in [0.5, 0.6) is 0 Å². The van der Waals surface area contributed by atoms with E-state index in [0.717, 1.165) is 9.47 Å². The number of hydrogen-bond acceptors (Lipinski definition) is 8. The summed E-state index contributed by atoms with van der Waals surface area (Å²) < 4.78 is 59.5. The molecule has 1 saturated heterocycles. The van der Waals surface area contributed by atoms with Gasteiger partial charge in [0, 0.05) is 24.9 Å². The van der Waals surface area contributed by atoms with Crippen LogP contribution in [0, 0.1) is 0 Å². The molecule has 10 nitrogen and oxygen atoms in total. The average molecular weight is 487 g/mol. The summed E-state index contributed by atoms with van der Waals surface area (Å²) >= 11 is 0. The Labute approximate surface area is 192 Å². The topological polar surface area (TPSA) is 110 Å². The first-order valence-electron chi connectivity index (χ1n) is 10.9. The summed E-state index contributed by atoms with van der Waals surface area (Å²) in [5.74, 6) is -2.05. The quantitative estimate of drug-likeness (QED) is 0.450. The number of amides is 1. The number of fused-ring (bicyclic) bond motifs is 1. The molecule has 1 fully saturated rings. The van der Waals surface area contributed by atoms with Crippen LogP contribution in [-0.4, -0.2) is 78.2 Å². The number of hydrogen-bond donors (Lipinski definition) is 0. The van der Waals surface area contributed by atoms with E-state index in [9.17, 15) is 27.2 Å². The highest BCUT2D eigenvalue weighted by molar-refractivity contribution is 5.99. The third kappa shape index (κ3) is 4.55. The van der Waals surface area contributed by atoms with Crippen LogP contribution in [0.25, 0.3) is 0 Å². The van der Waals surface area contributed by atoms with E-state index in [1.165, 1.54) is 0 Å². The Hall–Kier alpha value is -2.90. The van der Waals surface area contributed by atoms with Crippen LogP contribution in [0.1, 0.15) is 61.8 Å². The van der Waals surface area contributed by atoms with E-state index in [4.69, 9.17) is 4.52 Å². The van der Waals surface area contributed by atoms with Gasteiger partial charge in [-0.15, -0.1) is 10.2 Å². The van der Waals surface area contributed by atoms with Gasteiger partial charge in [-0.25, -0.2) is 4.39 Å². The fourth-order valence-electron chi connectivity index (χ4n) is 4.04. The molecule has 4 heterocycles. The molecule has 1 amide bonds. The maximum atomic E-state index is 14.2. The lowest BCUT2D eigenvalue weighted by molar-refractivity contribution is -0.148. The maximum Gasteiger partial charge on any atom is 0.451 e. The normalized spacial score (nSPS) is 21.7. The maximum absolute atomic E-state index is 14.2. The molecule has 2 aliphatic heterocycles. The third-order valence-corrected chi connectivity index (χ3v) is 6.43. The first-order valence-corrected chi connectivity index (χ1v) is 10.9. The predicted octanol–water partition coefficient (Wildman–Crippen LogP) is 2.00. The van der Waals surface area contributed by atoms with Crippen LogP contribution in [0.3, 0.4) is 0 Å². The molecule has 0 N–H and O–H groups in total. The molecule has 0 radical (unpaired) electrons. The number of halogens is 4. The van der Waals surface area contributed by atoms with Gasteiger partial charge in [-0.3, -0.25) is 14.5 Å². The zero-order valence-electron chi connectivity index (χ0n) is 19.0. The van der Waals surface area contributed by atoms with Crippen molar-refractivity contribution in [1.29, 1.82) is 0 Å². The molecule has 0 saturated carbocycles. The smallest absolute Gasteiger partial charge is 0.338 e. The Morgan fingerprint density at radius 3 is 2.59 bits per heavy atom. The van der Waals surface area contributed by atoms with Crippen LogP contribution >= 0.6 is 0 Å². The van der Waals surface area contributed by atoms with E-state index in [1.54, 1.807) is 4.90 Å². The number of nitrogens with zero attached hydrogens (tertiary/aromatic N) is 7. The minimum atomic E-state index is -4.62. The monoisotopic (exact) mass is 487 g/mol. The first kappa shape index (κ1) is 24.2. The SMILES string of the molecule is CCC(C)(C)c1nc(C(=O)C2C[C@H](F)CN2C(=O)CN2CCn3c(nnc3C(F)(F)F)C2)no1. The minimum absolute atomic E-state index is 0.0272. The third-order valence-electron chi connectivity index (χ3n) is 6.43. The first-order chi connectivity index (χ1) is 15.9. The average Bonchev–Trinajstić information content (AvgIpc) is 3.50. The molecule has 186 valence electrons. The molecule has 1 unspecified atom stereocenters. The molecule has 0 aliphatic carbocycles. The van der Waals surface area contributed by atoms with Crippen LogP contribution in [0.4, 0.5) is 17.6 Å². The van der Waals surface area contributed by atoms with Gasteiger partial charge in [0.05, 0.1) is 19.6 Å². The van der Waals surface area contributed by atoms with Crippen molar-refractivity contribution in [3.63, 3.8) is 0 Å². The second-order valence-corrected chi connectivity index (χ2v) is 9.22. The predicted molar refractivity (Wildman–Crippen MR) is 107 cm³/mol. The molecule has 0 aromatic carbocycles. The van der Waals surface area contributed by atoms with Crippen molar-refractivity contribution < 1.29 is 31.7 Å². The Morgan fingerprint density at radius 2 is 1.91 bits per heavy atom. The number of alkyl halides is 4. The van der Waals surface area contributed by atoms with Gasteiger partial charge < -0.3 is 14.0 Å². The van der Waals surface area contributed by atoms with Gasteiger partial charge in [-0.1, -0.05) is 25.9 Å². The van der Waals surface area contributed by atoms with Gasteiger partial charge >= 0.3 is 6.18 Å². The summed E-state index contributed by atoms with van der Waals surface area (Å²) in [5.41, 5.74) is -0.444. The Bertz CT molecular complexity index is 1080. The number of rotatable bonds is 6. The summed E-state index contributed by atoms with van der Waals surface area (Å²) in [6, 6.07) is -1.08. The van der Waals surface area contributed by atoms with Crippen LogP contribution in [0.2, 0.25) is 0 Å². The van der Waals surface area contributed by atoms with Gasteiger partial charge in [0.15, 0.2) is 0 Å². The number of aromatic nitrogens is 5. The Balaban J connectivity index is 1.44. The molecule has 2 atom stereocenters. The Kier molecular flexibility index (Phi) is 6.21. The van der Waals surface area contributed by atoms with Crippen molar-refractivity contribution in [3.05, 3.63) is 23.4 Å². The van der Waals surface area contributed by atoms with E-state index in [0.29, 0.717) is 6.42 Å². The summed E-state index contributed by atoms with van der Waals surface area (Å²) in [7, 11) is 0. The summed E-state index contributed by atoms with van der Waals surface area (Å²) in [6.45, 7) is 5.31. The number of ketones is 1. The van der Waals surface area contributed by atoms with E-state index in [2.05, 4.69) is 20.3 Å². The van der Waals surface area contributed by atoms with Crippen LogP contribution in [-0.2, 0) is 29.5 Å². The molecule has 2 aromatic heterocycles. The van der Waals surface area contributed by atoms with Crippen LogP contribution in [0.15, 0.2) is 4.52 Å². The highest BCUT2D eigenvalue weighted by atomic mass is 19.4. The molecular formula is C20H25F4N7O3. The van der Waals surface area contributed by atoms with E-state index >= 15 is 0 Å². The number of carbonyl (C=O) groups is 2. The van der Waals surface area contributed by atoms with E-state index < -0.39 is 41.3 Å². The van der Waals surface area contributed by atoms with Crippen molar-refractivity contribution in [1.82, 2.24) is 34.7 Å². The number of likely N-dealkylation sites (tertiary alicyclic amines) is 1. The largest absolute Gasteiger partial charge is 0.451 e. The van der Waals surface area contributed by atoms with Crippen LogP contribution < -0.4 is 0 Å². The molecule has 4 rings (SSSR count). The zero-order chi connectivity index (χ0) is 24.8. The summed E-state index contributed by atoms with van der Waals surface area (Å²) in [6.07, 6.45) is -5.51. The lowest BCUT2D eigenvalue weighted by Crippen LogP contribution is -2.47. The Morgan fingerprint density at radius 1 is 1.18 bits per heavy atom. The van der Waals surface area contributed by atoms with Gasteiger partial charge in [0.2, 0.25) is 29.2 Å². The van der Waals surface area contributed by atoms with E-state index in [-0.39, 0.29) is 56.7 Å². The van der Waals surface area contributed by atoms with Gasteiger partial charge in [-0.05, 0) is 6.42 Å².